The molecule has 10 fully saturated rings. The van der Waals surface area contributed by atoms with Gasteiger partial charge in [0.05, 0.1) is 23.1 Å². The van der Waals surface area contributed by atoms with Crippen molar-refractivity contribution >= 4 is 27.5 Å². The van der Waals surface area contributed by atoms with Crippen LogP contribution in [0.5, 0.6) is 0 Å². The van der Waals surface area contributed by atoms with Crippen LogP contribution in [-0.2, 0) is 9.59 Å². The fourth-order valence-electron chi connectivity index (χ4n) is 17.6. The Morgan fingerprint density at radius 3 is 1.44 bits per heavy atom. The molecular formula is C52H87BrN2O4. The Morgan fingerprint density at radius 1 is 0.542 bits per heavy atom. The van der Waals surface area contributed by atoms with Crippen molar-refractivity contribution in [2.24, 2.45) is 81.8 Å². The zero-order valence-corrected chi connectivity index (χ0v) is 39.8. The predicted molar refractivity (Wildman–Crippen MR) is 243 cm³/mol. The Morgan fingerprint density at radius 2 is 1.00 bits per heavy atom. The maximum atomic E-state index is 13.4. The van der Waals surface area contributed by atoms with Gasteiger partial charge in [0.25, 0.3) is 0 Å². The van der Waals surface area contributed by atoms with E-state index in [2.05, 4.69) is 46.9 Å². The predicted octanol–water partition coefficient (Wildman–Crippen LogP) is 10.8. The first-order valence-electron chi connectivity index (χ1n) is 25.7. The maximum absolute atomic E-state index is 13.4. The van der Waals surface area contributed by atoms with Crippen LogP contribution >= 0.6 is 15.9 Å². The van der Waals surface area contributed by atoms with Crippen LogP contribution in [0.15, 0.2) is 0 Å². The van der Waals surface area contributed by atoms with Gasteiger partial charge in [0, 0.05) is 11.8 Å². The molecule has 8 aliphatic carbocycles. The van der Waals surface area contributed by atoms with Crippen molar-refractivity contribution < 1.29 is 19.8 Å². The number of fused-ring (bicyclic) bond motifs is 10. The molecule has 0 aromatic rings. The van der Waals surface area contributed by atoms with Gasteiger partial charge in [-0.1, -0.05) is 42.6 Å². The highest BCUT2D eigenvalue weighted by molar-refractivity contribution is 9.09. The van der Waals surface area contributed by atoms with Crippen molar-refractivity contribution in [2.75, 3.05) is 38.1 Å². The minimum absolute atomic E-state index is 0.263. The number of carbonyl (C=O) groups is 2. The van der Waals surface area contributed by atoms with Crippen molar-refractivity contribution in [3.05, 3.63) is 0 Å². The smallest absolute Gasteiger partial charge is 0.150 e. The van der Waals surface area contributed by atoms with Gasteiger partial charge in [-0.25, -0.2) is 0 Å². The van der Waals surface area contributed by atoms with E-state index in [0.29, 0.717) is 28.7 Å². The van der Waals surface area contributed by atoms with Crippen LogP contribution in [-0.4, -0.2) is 75.9 Å². The number of alkyl halides is 1. The number of likely N-dealkylation sites (tertiary alicyclic amines) is 1. The van der Waals surface area contributed by atoms with Crippen molar-refractivity contribution in [1.29, 1.82) is 0 Å². The van der Waals surface area contributed by atoms with E-state index in [1.807, 2.05) is 6.92 Å². The summed E-state index contributed by atoms with van der Waals surface area (Å²) in [5, 5.41) is 24.9. The first-order valence-corrected chi connectivity index (χ1v) is 26.8. The fraction of sp³-hybridized carbons (Fsp3) is 0.962. The Kier molecular flexibility index (Phi) is 14.3. The summed E-state index contributed by atoms with van der Waals surface area (Å²) in [5.41, 5.74) is -0.311. The van der Waals surface area contributed by atoms with Crippen molar-refractivity contribution in [3.63, 3.8) is 0 Å². The van der Waals surface area contributed by atoms with E-state index >= 15 is 0 Å². The number of nitrogens with one attached hydrogen (secondary N) is 1. The van der Waals surface area contributed by atoms with Crippen LogP contribution < -0.4 is 5.32 Å². The minimum atomic E-state index is -0.420. The fourth-order valence-corrected chi connectivity index (χ4v) is 18.0. The summed E-state index contributed by atoms with van der Waals surface area (Å²) in [5.74, 6) is 9.82. The van der Waals surface area contributed by atoms with E-state index < -0.39 is 11.2 Å². The lowest BCUT2D eigenvalue weighted by molar-refractivity contribution is -0.133. The van der Waals surface area contributed by atoms with Gasteiger partial charge in [-0.3, -0.25) is 14.5 Å². The van der Waals surface area contributed by atoms with Crippen LogP contribution in [0.3, 0.4) is 0 Å². The molecule has 2 aliphatic heterocycles. The summed E-state index contributed by atoms with van der Waals surface area (Å²) >= 11 is 3.42. The summed E-state index contributed by atoms with van der Waals surface area (Å²) < 4.78 is 0. The summed E-state index contributed by atoms with van der Waals surface area (Å²) in [7, 11) is 0. The largest absolute Gasteiger partial charge is 0.390 e. The Hall–Kier alpha value is -0.340. The van der Waals surface area contributed by atoms with Gasteiger partial charge in [-0.05, 0) is 251 Å². The average Bonchev–Trinajstić information content (AvgIpc) is 3.78. The average molecular weight is 884 g/mol. The molecule has 7 heteroatoms. The number of hydrogen-bond acceptors (Lipinski definition) is 6. The van der Waals surface area contributed by atoms with Crippen molar-refractivity contribution in [2.45, 2.75) is 193 Å². The molecule has 16 atom stereocenters. The van der Waals surface area contributed by atoms with E-state index in [-0.39, 0.29) is 10.8 Å². The first kappa shape index (κ1) is 45.2. The molecule has 59 heavy (non-hydrogen) atoms. The van der Waals surface area contributed by atoms with Crippen LogP contribution in [0.25, 0.3) is 0 Å². The number of halogens is 1. The Balaban J connectivity index is 0.000000146. The monoisotopic (exact) mass is 883 g/mol. The summed E-state index contributed by atoms with van der Waals surface area (Å²) in [4.78, 5) is 28.3. The Bertz CT molecular complexity index is 1430. The van der Waals surface area contributed by atoms with Gasteiger partial charge in [0.15, 0.2) is 0 Å². The molecule has 0 radical (unpaired) electrons. The van der Waals surface area contributed by atoms with E-state index in [1.165, 1.54) is 129 Å². The first-order chi connectivity index (χ1) is 28.2. The van der Waals surface area contributed by atoms with Gasteiger partial charge in [-0.2, -0.15) is 0 Å². The lowest BCUT2D eigenvalue weighted by atomic mass is 9.49. The molecule has 0 bridgehead atoms. The molecule has 10 rings (SSSR count). The zero-order valence-electron chi connectivity index (χ0n) is 38.2. The highest BCUT2D eigenvalue weighted by Gasteiger charge is 2.60. The van der Waals surface area contributed by atoms with E-state index in [1.54, 1.807) is 0 Å². The van der Waals surface area contributed by atoms with E-state index in [0.717, 1.165) is 117 Å². The third kappa shape index (κ3) is 9.43. The maximum Gasteiger partial charge on any atom is 0.150 e. The number of aliphatic hydroxyl groups is 2. The second kappa shape index (κ2) is 18.6. The molecule has 336 valence electrons. The number of Topliss-reactive ketones (excluding diaryl/α,β-unsaturated/α-hetero) is 2. The molecule has 0 amide bonds. The van der Waals surface area contributed by atoms with Gasteiger partial charge in [-0.15, -0.1) is 0 Å². The second-order valence-electron chi connectivity index (χ2n) is 23.9. The molecule has 8 saturated carbocycles. The van der Waals surface area contributed by atoms with Gasteiger partial charge in [0.1, 0.15) is 11.6 Å². The SMILES string of the molecule is C1CCNCC1.C[C@@]1(O)CC[C@H]2[C@@H](CC[C@@H]3[C@@H]2CC[C@]2(C)[C@@H](C(=O)CBr)CC[C@@H]32)C1.C[C@@]1(O)CC[C@H]2[C@@H](CC[C@@H]3[C@@H]2CC[C@]2(C)[C@@H](C(=O)CN4CCCCC4)CC[C@@H]32)C1. The molecule has 2 saturated heterocycles. The molecule has 0 aromatic heterocycles. The van der Waals surface area contributed by atoms with E-state index in [4.69, 9.17) is 0 Å². The summed E-state index contributed by atoms with van der Waals surface area (Å²) in [6.45, 7) is 14.5. The second-order valence-corrected chi connectivity index (χ2v) is 24.5. The highest BCUT2D eigenvalue weighted by Crippen LogP contribution is 2.66. The van der Waals surface area contributed by atoms with E-state index in [9.17, 15) is 19.8 Å². The molecular weight excluding hydrogens is 796 g/mol. The van der Waals surface area contributed by atoms with Crippen molar-refractivity contribution in [1.82, 2.24) is 10.2 Å². The minimum Gasteiger partial charge on any atom is -0.390 e. The number of hydrogen-bond donors (Lipinski definition) is 3. The van der Waals surface area contributed by atoms with Gasteiger partial charge < -0.3 is 15.5 Å². The third-order valence-electron chi connectivity index (χ3n) is 20.4. The van der Waals surface area contributed by atoms with Crippen LogP contribution in [0.1, 0.15) is 182 Å². The van der Waals surface area contributed by atoms with Gasteiger partial charge in [0.2, 0.25) is 0 Å². The molecule has 0 spiro atoms. The van der Waals surface area contributed by atoms with Gasteiger partial charge >= 0.3 is 0 Å². The standard InChI is InChI=1S/C26H43NO2.C21H33BrO2.C5H11N/c1-25(29)12-10-19-18(16-25)6-7-21-20(19)11-13-26(2)22(21)8-9-23(26)24(28)17-27-14-4-3-5-15-27;1-20(24)9-7-14-13(11-20)3-4-16-15(14)8-10-21(2)17(16)5-6-18(21)19(23)12-22;1-2-4-6-5-3-1/h18-23,29H,3-17H2,1-2H3;13-18,24H,3-12H2,1-2H3;6H,1-5H2/t18-,19-,20+,21+,22-,23+,25+,26-;13-,14-,15+,16+,17-,18+,20+,21-;/m00./s1. The number of rotatable bonds is 5. The van der Waals surface area contributed by atoms with Crippen molar-refractivity contribution in [3.8, 4) is 0 Å². The highest BCUT2D eigenvalue weighted by atomic mass is 79.9. The normalized spacial score (nSPS) is 49.1. The van der Waals surface area contributed by atoms with Crippen LogP contribution in [0, 0.1) is 81.8 Å². The number of piperidine rings is 2. The topological polar surface area (TPSA) is 89.9 Å². The molecule has 6 nitrogen and oxygen atoms in total. The third-order valence-corrected chi connectivity index (χ3v) is 21.0. The summed E-state index contributed by atoms with van der Waals surface area (Å²) in [6.07, 6.45) is 30.0. The van der Waals surface area contributed by atoms with Crippen LogP contribution in [0.2, 0.25) is 0 Å². The number of carbonyl (C=O) groups excluding carboxylic acids is 2. The zero-order chi connectivity index (χ0) is 41.6. The molecule has 10 aliphatic rings. The summed E-state index contributed by atoms with van der Waals surface area (Å²) in [6, 6.07) is 0. The quantitative estimate of drug-likeness (QED) is 0.238. The lowest BCUT2D eigenvalue weighted by Gasteiger charge is -2.57. The lowest BCUT2D eigenvalue weighted by Crippen LogP contribution is -2.51. The molecule has 0 unspecified atom stereocenters. The number of ketones is 2. The molecule has 3 N–H and O–H groups in total. The molecule has 2 heterocycles. The number of nitrogens with zero attached hydrogens (tertiary/aromatic N) is 1. The Labute approximate surface area is 368 Å². The van der Waals surface area contributed by atoms with Crippen LogP contribution in [0.4, 0.5) is 0 Å². The molecule has 0 aromatic carbocycles.